The predicted octanol–water partition coefficient (Wildman–Crippen LogP) is 7.22. The molecule has 0 bridgehead atoms. The second kappa shape index (κ2) is 17.4. The highest BCUT2D eigenvalue weighted by Gasteiger charge is 2.54. The maximum absolute atomic E-state index is 10.7. The molecular formula is C33H67NO6Si. The number of hydrogen-bond acceptors (Lipinski definition) is 7. The van der Waals surface area contributed by atoms with Crippen molar-refractivity contribution in [2.75, 3.05) is 6.61 Å². The number of aliphatic hydroxyl groups excluding tert-OH is 2. The molecule has 8 heteroatoms. The first-order valence-electron chi connectivity index (χ1n) is 17.0. The molecule has 4 N–H and O–H groups in total. The number of ether oxygens (including phenoxy) is 3. The van der Waals surface area contributed by atoms with Crippen LogP contribution in [0.4, 0.5) is 0 Å². The van der Waals surface area contributed by atoms with Crippen LogP contribution in [-0.2, 0) is 18.6 Å². The van der Waals surface area contributed by atoms with E-state index in [-0.39, 0.29) is 36.1 Å². The van der Waals surface area contributed by atoms with E-state index in [1.54, 1.807) is 0 Å². The molecule has 1 saturated carbocycles. The Bertz CT molecular complexity index is 714. The van der Waals surface area contributed by atoms with Crippen LogP contribution >= 0.6 is 0 Å². The number of aliphatic hydroxyl groups is 2. The molecule has 0 aromatic heterocycles. The first-order valence-corrected chi connectivity index (χ1v) is 19.9. The topological polar surface area (TPSA) is 103 Å². The third-order valence-electron chi connectivity index (χ3n) is 9.57. The molecule has 1 aliphatic heterocycles. The van der Waals surface area contributed by atoms with Gasteiger partial charge in [0.25, 0.3) is 0 Å². The Labute approximate surface area is 253 Å². The number of hydrogen-bond donors (Lipinski definition) is 3. The lowest BCUT2D eigenvalue weighted by molar-refractivity contribution is -0.160. The molecule has 0 spiro atoms. The highest BCUT2D eigenvalue weighted by atomic mass is 28.4. The van der Waals surface area contributed by atoms with Gasteiger partial charge < -0.3 is 34.6 Å². The standard InChI is InChI=1S/C33H67NO6Si/c1-9-10-11-12-13-14-15-16-17-18-19-20-21-26(35)29(36)25(34)24-37-27-22-23-28(40-41(7,8)32(2,3)4)31-30(27)38-33(5,6)39-31/h25-31,35-36H,9-24,34H2,1-8H3/t25-,26+,27?,28+,29-,30+,31+/m1/s1. The maximum Gasteiger partial charge on any atom is 0.192 e. The summed E-state index contributed by atoms with van der Waals surface area (Å²) in [6, 6.07) is -0.655. The Morgan fingerprint density at radius 2 is 1.29 bits per heavy atom. The largest absolute Gasteiger partial charge is 0.411 e. The Hall–Kier alpha value is -0.0631. The number of nitrogens with two attached hydrogens (primary N) is 1. The molecule has 2 fully saturated rings. The normalized spacial score (nSPS) is 27.0. The van der Waals surface area contributed by atoms with Crippen molar-refractivity contribution >= 4 is 8.32 Å². The van der Waals surface area contributed by atoms with Crippen molar-refractivity contribution in [1.82, 2.24) is 0 Å². The van der Waals surface area contributed by atoms with E-state index < -0.39 is 32.4 Å². The van der Waals surface area contributed by atoms with Crippen LogP contribution in [0.2, 0.25) is 18.1 Å². The monoisotopic (exact) mass is 601 g/mol. The van der Waals surface area contributed by atoms with Gasteiger partial charge in [-0.2, -0.15) is 0 Å². The second-order valence-corrected chi connectivity index (χ2v) is 19.6. The van der Waals surface area contributed by atoms with Crippen LogP contribution in [-0.4, -0.2) is 73.6 Å². The molecule has 0 radical (unpaired) electrons. The van der Waals surface area contributed by atoms with Gasteiger partial charge in [-0.05, 0) is 51.2 Å². The molecule has 0 amide bonds. The molecule has 2 rings (SSSR count). The average molecular weight is 602 g/mol. The lowest BCUT2D eigenvalue weighted by Crippen LogP contribution is -2.55. The quantitative estimate of drug-likeness (QED) is 0.100. The van der Waals surface area contributed by atoms with Crippen molar-refractivity contribution in [1.29, 1.82) is 0 Å². The Morgan fingerprint density at radius 1 is 0.829 bits per heavy atom. The minimum atomic E-state index is -1.97. The van der Waals surface area contributed by atoms with E-state index in [1.807, 2.05) is 13.8 Å². The average Bonchev–Trinajstić information content (AvgIpc) is 3.22. The number of rotatable bonds is 20. The second-order valence-electron chi connectivity index (χ2n) is 14.8. The van der Waals surface area contributed by atoms with Crippen molar-refractivity contribution in [3.05, 3.63) is 0 Å². The zero-order valence-electron chi connectivity index (χ0n) is 28.0. The smallest absolute Gasteiger partial charge is 0.192 e. The number of fused-ring (bicyclic) bond motifs is 1. The van der Waals surface area contributed by atoms with Gasteiger partial charge in [0.1, 0.15) is 12.2 Å². The van der Waals surface area contributed by atoms with Gasteiger partial charge in [0.2, 0.25) is 0 Å². The summed E-state index contributed by atoms with van der Waals surface area (Å²) in [5.74, 6) is -0.706. The van der Waals surface area contributed by atoms with Gasteiger partial charge in [-0.3, -0.25) is 0 Å². The molecule has 1 saturated heterocycles. The third-order valence-corrected chi connectivity index (χ3v) is 14.1. The molecular weight excluding hydrogens is 534 g/mol. The van der Waals surface area contributed by atoms with Gasteiger partial charge in [-0.15, -0.1) is 0 Å². The van der Waals surface area contributed by atoms with Crippen LogP contribution in [0.25, 0.3) is 0 Å². The van der Waals surface area contributed by atoms with E-state index in [1.165, 1.54) is 64.2 Å². The minimum Gasteiger partial charge on any atom is -0.411 e. The van der Waals surface area contributed by atoms with Gasteiger partial charge in [0, 0.05) is 0 Å². The molecule has 0 aromatic carbocycles. The molecule has 1 aliphatic carbocycles. The Morgan fingerprint density at radius 3 is 1.80 bits per heavy atom. The van der Waals surface area contributed by atoms with E-state index >= 15 is 0 Å². The first kappa shape index (κ1) is 37.1. The van der Waals surface area contributed by atoms with Crippen molar-refractivity contribution in [2.45, 2.75) is 204 Å². The van der Waals surface area contributed by atoms with Gasteiger partial charge in [0.05, 0.1) is 37.1 Å². The molecule has 2 aliphatic rings. The summed E-state index contributed by atoms with van der Waals surface area (Å²) < 4.78 is 25.6. The van der Waals surface area contributed by atoms with Gasteiger partial charge in [0.15, 0.2) is 14.1 Å². The summed E-state index contributed by atoms with van der Waals surface area (Å²) in [6.07, 6.45) is 15.0. The van der Waals surface area contributed by atoms with Crippen LogP contribution in [0.3, 0.4) is 0 Å². The first-order chi connectivity index (χ1) is 19.2. The van der Waals surface area contributed by atoms with E-state index in [4.69, 9.17) is 24.4 Å². The molecule has 1 unspecified atom stereocenters. The van der Waals surface area contributed by atoms with Gasteiger partial charge in [-0.25, -0.2) is 0 Å². The Balaban J connectivity index is 1.69. The van der Waals surface area contributed by atoms with Crippen LogP contribution in [0, 0.1) is 0 Å². The van der Waals surface area contributed by atoms with E-state index in [2.05, 4.69) is 40.8 Å². The molecule has 0 aromatic rings. The van der Waals surface area contributed by atoms with Crippen molar-refractivity contribution in [2.24, 2.45) is 5.73 Å². The predicted molar refractivity (Wildman–Crippen MR) is 171 cm³/mol. The summed E-state index contributed by atoms with van der Waals surface area (Å²) in [7, 11) is -1.97. The van der Waals surface area contributed by atoms with Gasteiger partial charge >= 0.3 is 0 Å². The number of unbranched alkanes of at least 4 members (excludes halogenated alkanes) is 11. The fraction of sp³-hybridized carbons (Fsp3) is 1.00. The zero-order chi connectivity index (χ0) is 30.7. The van der Waals surface area contributed by atoms with Crippen LogP contribution in [0.15, 0.2) is 0 Å². The fourth-order valence-electron chi connectivity index (χ4n) is 5.89. The SMILES string of the molecule is CCCCCCCCCCCCCC[C@H](O)[C@H](O)[C@H](N)COC1CC[C@H](O[Si](C)(C)C(C)(C)C)[C@@H]2OC(C)(C)O[C@@H]12. The molecule has 1 heterocycles. The highest BCUT2D eigenvalue weighted by Crippen LogP contribution is 2.44. The zero-order valence-corrected chi connectivity index (χ0v) is 29.0. The third kappa shape index (κ3) is 12.5. The van der Waals surface area contributed by atoms with E-state index in [0.717, 1.165) is 25.7 Å². The summed E-state index contributed by atoms with van der Waals surface area (Å²) >= 11 is 0. The van der Waals surface area contributed by atoms with Gasteiger partial charge in [-0.1, -0.05) is 105 Å². The van der Waals surface area contributed by atoms with E-state index in [9.17, 15) is 10.2 Å². The van der Waals surface area contributed by atoms with Crippen molar-refractivity contribution < 1.29 is 28.8 Å². The summed E-state index contributed by atoms with van der Waals surface area (Å²) in [4.78, 5) is 0. The van der Waals surface area contributed by atoms with Crippen molar-refractivity contribution in [3.63, 3.8) is 0 Å². The summed E-state index contributed by atoms with van der Waals surface area (Å²) in [5.41, 5.74) is 6.29. The van der Waals surface area contributed by atoms with Crippen LogP contribution in [0.5, 0.6) is 0 Å². The molecule has 7 atom stereocenters. The van der Waals surface area contributed by atoms with Crippen LogP contribution in [0.1, 0.15) is 138 Å². The summed E-state index contributed by atoms with van der Waals surface area (Å²) in [6.45, 7) is 17.6. The van der Waals surface area contributed by atoms with E-state index in [0.29, 0.717) is 6.42 Å². The fourth-order valence-corrected chi connectivity index (χ4v) is 7.25. The highest BCUT2D eigenvalue weighted by molar-refractivity contribution is 6.74. The maximum atomic E-state index is 10.7. The Kier molecular flexibility index (Phi) is 15.8. The minimum absolute atomic E-state index is 0.0286. The summed E-state index contributed by atoms with van der Waals surface area (Å²) in [5, 5.41) is 21.4. The van der Waals surface area contributed by atoms with Crippen molar-refractivity contribution in [3.8, 4) is 0 Å². The molecule has 244 valence electrons. The van der Waals surface area contributed by atoms with Crippen LogP contribution < -0.4 is 5.73 Å². The molecule has 7 nitrogen and oxygen atoms in total. The lowest BCUT2D eigenvalue weighted by atomic mass is 9.89. The molecule has 41 heavy (non-hydrogen) atoms. The lowest BCUT2D eigenvalue weighted by Gasteiger charge is -2.44.